The largest absolute Gasteiger partial charge is 0.384 e. The normalized spacial score (nSPS) is 10.6. The van der Waals surface area contributed by atoms with Gasteiger partial charge in [0.1, 0.15) is 5.82 Å². The Hall–Kier alpha value is -1.81. The molecule has 2 aromatic rings. The van der Waals surface area contributed by atoms with Crippen LogP contribution < -0.4 is 11.1 Å². The lowest BCUT2D eigenvalue weighted by atomic mass is 10.2. The number of nitrogen functional groups attached to an aromatic ring is 1. The standard InChI is InChI=1S/C12H16N4/c1-9-5-3-4-6-11(9)16-12(13)7-10(15-16)8-14-2/h3-7,14H,8,13H2,1-2H3. The summed E-state index contributed by atoms with van der Waals surface area (Å²) in [6.07, 6.45) is 0. The van der Waals surface area contributed by atoms with E-state index in [-0.39, 0.29) is 0 Å². The number of nitrogens with one attached hydrogen (secondary N) is 1. The number of rotatable bonds is 3. The highest BCUT2D eigenvalue weighted by molar-refractivity contribution is 5.47. The van der Waals surface area contributed by atoms with Crippen LogP contribution in [0.2, 0.25) is 0 Å². The Balaban J connectivity index is 2.44. The molecule has 0 aliphatic carbocycles. The number of hydrogen-bond donors (Lipinski definition) is 2. The van der Waals surface area contributed by atoms with Gasteiger partial charge in [0.2, 0.25) is 0 Å². The Labute approximate surface area is 95.1 Å². The lowest BCUT2D eigenvalue weighted by Gasteiger charge is -2.06. The summed E-state index contributed by atoms with van der Waals surface area (Å²) < 4.78 is 1.78. The van der Waals surface area contributed by atoms with Crippen molar-refractivity contribution in [2.75, 3.05) is 12.8 Å². The van der Waals surface area contributed by atoms with Crippen molar-refractivity contribution in [2.45, 2.75) is 13.5 Å². The van der Waals surface area contributed by atoms with Crippen molar-refractivity contribution in [3.63, 3.8) is 0 Å². The van der Waals surface area contributed by atoms with Crippen LogP contribution in [0.1, 0.15) is 11.3 Å². The van der Waals surface area contributed by atoms with Crippen molar-refractivity contribution in [2.24, 2.45) is 0 Å². The molecule has 2 rings (SSSR count). The number of nitrogens with two attached hydrogens (primary N) is 1. The molecule has 0 aliphatic rings. The van der Waals surface area contributed by atoms with E-state index < -0.39 is 0 Å². The third-order valence-electron chi connectivity index (χ3n) is 2.49. The third kappa shape index (κ3) is 1.92. The van der Waals surface area contributed by atoms with Crippen LogP contribution in [-0.2, 0) is 6.54 Å². The van der Waals surface area contributed by atoms with Gasteiger partial charge < -0.3 is 11.1 Å². The van der Waals surface area contributed by atoms with Crippen LogP contribution in [0.3, 0.4) is 0 Å². The summed E-state index contributed by atoms with van der Waals surface area (Å²) in [5.41, 5.74) is 9.08. The molecule has 0 unspecified atom stereocenters. The molecule has 1 aromatic carbocycles. The van der Waals surface area contributed by atoms with Gasteiger partial charge in [-0.25, -0.2) is 4.68 Å². The molecule has 1 heterocycles. The van der Waals surface area contributed by atoms with Gasteiger partial charge in [-0.3, -0.25) is 0 Å². The van der Waals surface area contributed by atoms with Crippen molar-refractivity contribution in [3.05, 3.63) is 41.6 Å². The molecule has 4 heteroatoms. The summed E-state index contributed by atoms with van der Waals surface area (Å²) in [4.78, 5) is 0. The van der Waals surface area contributed by atoms with Crippen molar-refractivity contribution < 1.29 is 0 Å². The van der Waals surface area contributed by atoms with Gasteiger partial charge in [-0.15, -0.1) is 0 Å². The zero-order valence-corrected chi connectivity index (χ0v) is 9.57. The minimum Gasteiger partial charge on any atom is -0.384 e. The number of anilines is 1. The first-order valence-electron chi connectivity index (χ1n) is 5.27. The van der Waals surface area contributed by atoms with Crippen LogP contribution >= 0.6 is 0 Å². The topological polar surface area (TPSA) is 55.9 Å². The van der Waals surface area contributed by atoms with Crippen LogP contribution in [0.15, 0.2) is 30.3 Å². The molecule has 0 saturated carbocycles. The highest BCUT2D eigenvalue weighted by Gasteiger charge is 2.07. The fourth-order valence-electron chi connectivity index (χ4n) is 1.71. The number of hydrogen-bond acceptors (Lipinski definition) is 3. The molecule has 1 aromatic heterocycles. The van der Waals surface area contributed by atoms with Crippen LogP contribution in [0.4, 0.5) is 5.82 Å². The van der Waals surface area contributed by atoms with E-state index in [1.54, 1.807) is 4.68 Å². The number of nitrogens with zero attached hydrogens (tertiary/aromatic N) is 2. The van der Waals surface area contributed by atoms with Crippen LogP contribution in [0, 0.1) is 6.92 Å². The molecule has 0 saturated heterocycles. The Morgan fingerprint density at radius 1 is 1.38 bits per heavy atom. The van der Waals surface area contributed by atoms with Crippen LogP contribution in [0.5, 0.6) is 0 Å². The van der Waals surface area contributed by atoms with E-state index in [1.807, 2.05) is 44.3 Å². The second kappa shape index (κ2) is 4.37. The van der Waals surface area contributed by atoms with Crippen LogP contribution in [-0.4, -0.2) is 16.8 Å². The Morgan fingerprint density at radius 3 is 2.81 bits per heavy atom. The predicted molar refractivity (Wildman–Crippen MR) is 65.5 cm³/mol. The zero-order chi connectivity index (χ0) is 11.5. The van der Waals surface area contributed by atoms with Gasteiger partial charge >= 0.3 is 0 Å². The smallest absolute Gasteiger partial charge is 0.127 e. The average Bonchev–Trinajstić information content (AvgIpc) is 2.61. The first-order valence-corrected chi connectivity index (χ1v) is 5.27. The van der Waals surface area contributed by atoms with Crippen molar-refractivity contribution in [1.29, 1.82) is 0 Å². The maximum absolute atomic E-state index is 5.95. The average molecular weight is 216 g/mol. The highest BCUT2D eigenvalue weighted by atomic mass is 15.3. The summed E-state index contributed by atoms with van der Waals surface area (Å²) in [7, 11) is 1.89. The van der Waals surface area contributed by atoms with Crippen LogP contribution in [0.25, 0.3) is 5.69 Å². The van der Waals surface area contributed by atoms with E-state index in [2.05, 4.69) is 10.4 Å². The molecule has 84 valence electrons. The zero-order valence-electron chi connectivity index (χ0n) is 9.57. The van der Waals surface area contributed by atoms with Crippen molar-refractivity contribution in [1.82, 2.24) is 15.1 Å². The fraction of sp³-hybridized carbons (Fsp3) is 0.250. The number of benzene rings is 1. The summed E-state index contributed by atoms with van der Waals surface area (Å²) in [6, 6.07) is 9.95. The van der Waals surface area contributed by atoms with Gasteiger partial charge in [0.15, 0.2) is 0 Å². The molecular weight excluding hydrogens is 200 g/mol. The third-order valence-corrected chi connectivity index (χ3v) is 2.49. The molecule has 0 atom stereocenters. The van der Waals surface area contributed by atoms with E-state index in [4.69, 9.17) is 5.73 Å². The molecular formula is C12H16N4. The lowest BCUT2D eigenvalue weighted by molar-refractivity contribution is 0.757. The molecule has 16 heavy (non-hydrogen) atoms. The van der Waals surface area contributed by atoms with Gasteiger partial charge in [-0.2, -0.15) is 5.10 Å². The Morgan fingerprint density at radius 2 is 2.12 bits per heavy atom. The predicted octanol–water partition coefficient (Wildman–Crippen LogP) is 1.48. The van der Waals surface area contributed by atoms with Gasteiger partial charge in [0.25, 0.3) is 0 Å². The maximum atomic E-state index is 5.95. The van der Waals surface area contributed by atoms with E-state index in [0.717, 1.165) is 23.5 Å². The van der Waals surface area contributed by atoms with Crippen molar-refractivity contribution in [3.8, 4) is 5.69 Å². The first-order chi connectivity index (χ1) is 7.72. The van der Waals surface area contributed by atoms with Crippen molar-refractivity contribution >= 4 is 5.82 Å². The first kappa shape index (κ1) is 10.7. The summed E-state index contributed by atoms with van der Waals surface area (Å²) in [5, 5.41) is 7.52. The molecule has 3 N–H and O–H groups in total. The molecule has 4 nitrogen and oxygen atoms in total. The quantitative estimate of drug-likeness (QED) is 0.817. The van der Waals surface area contributed by atoms with E-state index in [9.17, 15) is 0 Å². The minimum atomic E-state index is 0.666. The SMILES string of the molecule is CNCc1cc(N)n(-c2ccccc2C)n1. The molecule has 0 amide bonds. The van der Waals surface area contributed by atoms with Gasteiger partial charge in [0, 0.05) is 12.6 Å². The molecule has 0 spiro atoms. The Kier molecular flexibility index (Phi) is 2.92. The van der Waals surface area contributed by atoms with E-state index >= 15 is 0 Å². The van der Waals surface area contributed by atoms with E-state index in [1.165, 1.54) is 0 Å². The summed E-state index contributed by atoms with van der Waals surface area (Å²) >= 11 is 0. The fourth-order valence-corrected chi connectivity index (χ4v) is 1.71. The highest BCUT2D eigenvalue weighted by Crippen LogP contribution is 2.17. The van der Waals surface area contributed by atoms with E-state index in [0.29, 0.717) is 5.82 Å². The maximum Gasteiger partial charge on any atom is 0.127 e. The Bertz CT molecular complexity index is 488. The molecule has 0 radical (unpaired) electrons. The second-order valence-corrected chi connectivity index (χ2v) is 3.79. The molecule has 0 bridgehead atoms. The second-order valence-electron chi connectivity index (χ2n) is 3.79. The lowest BCUT2D eigenvalue weighted by Crippen LogP contribution is -2.07. The summed E-state index contributed by atoms with van der Waals surface area (Å²) in [6.45, 7) is 2.78. The van der Waals surface area contributed by atoms with Gasteiger partial charge in [-0.05, 0) is 25.6 Å². The van der Waals surface area contributed by atoms with Gasteiger partial charge in [-0.1, -0.05) is 18.2 Å². The minimum absolute atomic E-state index is 0.666. The number of aryl methyl sites for hydroxylation is 1. The molecule has 0 aliphatic heterocycles. The van der Waals surface area contributed by atoms with Gasteiger partial charge in [0.05, 0.1) is 11.4 Å². The number of para-hydroxylation sites is 1. The monoisotopic (exact) mass is 216 g/mol. The number of aromatic nitrogens is 2. The molecule has 0 fully saturated rings. The summed E-state index contributed by atoms with van der Waals surface area (Å²) in [5.74, 6) is 0.666.